The number of carbonyl (C=O) groups excluding carboxylic acids is 1. The molecule has 2 aromatic carbocycles. The highest BCUT2D eigenvalue weighted by Crippen LogP contribution is 2.41. The standard InChI is InChI=1S/C23H25BrF3N3O3/c1-23(2,3)33-22(31)29-9-10-30(18-11-15(24)16(25)12-17(18)28-4)19(13-29)14-7-5-6-8-20(14)32-21(26)27/h5-8,11-12,19,21H,4,9-10,13H2,1-3H3. The number of hydrogen-bond acceptors (Lipinski definition) is 5. The maximum Gasteiger partial charge on any atom is 0.410 e. The van der Waals surface area contributed by atoms with Crippen molar-refractivity contribution in [3.8, 4) is 5.75 Å². The Kier molecular flexibility index (Phi) is 7.56. The van der Waals surface area contributed by atoms with Crippen molar-refractivity contribution < 1.29 is 27.4 Å². The molecule has 3 rings (SSSR count). The van der Waals surface area contributed by atoms with Crippen molar-refractivity contribution in [3.05, 3.63) is 52.3 Å². The molecule has 1 fully saturated rings. The van der Waals surface area contributed by atoms with Crippen LogP contribution in [0, 0.1) is 5.82 Å². The molecule has 10 heteroatoms. The predicted molar refractivity (Wildman–Crippen MR) is 124 cm³/mol. The lowest BCUT2D eigenvalue weighted by molar-refractivity contribution is -0.0508. The van der Waals surface area contributed by atoms with E-state index in [-0.39, 0.29) is 16.8 Å². The van der Waals surface area contributed by atoms with Crippen molar-refractivity contribution >= 4 is 40.1 Å². The first-order chi connectivity index (χ1) is 15.5. The summed E-state index contributed by atoms with van der Waals surface area (Å²) in [6.45, 7) is 6.55. The third kappa shape index (κ3) is 5.98. The first-order valence-electron chi connectivity index (χ1n) is 10.2. The average Bonchev–Trinajstić information content (AvgIpc) is 2.74. The van der Waals surface area contributed by atoms with Crippen LogP contribution >= 0.6 is 15.9 Å². The number of carbonyl (C=O) groups is 1. The Morgan fingerprint density at radius 1 is 1.24 bits per heavy atom. The van der Waals surface area contributed by atoms with E-state index in [2.05, 4.69) is 27.6 Å². The van der Waals surface area contributed by atoms with Gasteiger partial charge >= 0.3 is 12.7 Å². The third-order valence-corrected chi connectivity index (χ3v) is 5.63. The minimum Gasteiger partial charge on any atom is -0.444 e. The molecule has 33 heavy (non-hydrogen) atoms. The molecule has 1 saturated heterocycles. The second-order valence-corrected chi connectivity index (χ2v) is 9.32. The lowest BCUT2D eigenvalue weighted by Crippen LogP contribution is -2.51. The number of ether oxygens (including phenoxy) is 2. The van der Waals surface area contributed by atoms with Crippen LogP contribution in [0.2, 0.25) is 0 Å². The molecule has 0 aromatic heterocycles. The molecule has 178 valence electrons. The molecule has 1 atom stereocenters. The van der Waals surface area contributed by atoms with Crippen LogP contribution < -0.4 is 9.64 Å². The topological polar surface area (TPSA) is 54.4 Å². The van der Waals surface area contributed by atoms with Crippen LogP contribution in [-0.4, -0.2) is 49.6 Å². The van der Waals surface area contributed by atoms with Crippen molar-refractivity contribution in [2.75, 3.05) is 24.5 Å². The number of alkyl halides is 2. The van der Waals surface area contributed by atoms with E-state index in [4.69, 9.17) is 9.47 Å². The molecule has 0 saturated carbocycles. The SMILES string of the molecule is C=Nc1cc(F)c(Br)cc1N1CCN(C(=O)OC(C)(C)C)CC1c1ccccc1OC(F)F. The Hall–Kier alpha value is -2.75. The Morgan fingerprint density at radius 3 is 2.58 bits per heavy atom. The zero-order chi connectivity index (χ0) is 24.3. The van der Waals surface area contributed by atoms with Crippen molar-refractivity contribution in [1.29, 1.82) is 0 Å². The molecular formula is C23H25BrF3N3O3. The van der Waals surface area contributed by atoms with E-state index in [1.54, 1.807) is 45.0 Å². The molecule has 0 spiro atoms. The van der Waals surface area contributed by atoms with Crippen molar-refractivity contribution in [2.24, 2.45) is 4.99 Å². The van der Waals surface area contributed by atoms with Crippen molar-refractivity contribution in [3.63, 3.8) is 0 Å². The molecule has 0 aliphatic carbocycles. The molecule has 1 amide bonds. The zero-order valence-electron chi connectivity index (χ0n) is 18.5. The number of rotatable bonds is 5. The minimum atomic E-state index is -3.02. The van der Waals surface area contributed by atoms with Gasteiger partial charge in [-0.05, 0) is 55.6 Å². The summed E-state index contributed by atoms with van der Waals surface area (Å²) in [6, 6.07) is 8.60. The van der Waals surface area contributed by atoms with Crippen molar-refractivity contribution in [1.82, 2.24) is 4.90 Å². The molecule has 2 aromatic rings. The van der Waals surface area contributed by atoms with Crippen LogP contribution in [-0.2, 0) is 4.74 Å². The number of para-hydroxylation sites is 1. The molecule has 0 radical (unpaired) electrons. The van der Waals surface area contributed by atoms with Gasteiger partial charge in [0.05, 0.1) is 21.9 Å². The fourth-order valence-corrected chi connectivity index (χ4v) is 4.00. The van der Waals surface area contributed by atoms with Gasteiger partial charge in [-0.3, -0.25) is 4.99 Å². The molecule has 1 unspecified atom stereocenters. The summed E-state index contributed by atoms with van der Waals surface area (Å²) in [6.07, 6.45) is -0.512. The number of halogens is 4. The third-order valence-electron chi connectivity index (χ3n) is 5.02. The fraction of sp³-hybridized carbons (Fsp3) is 0.391. The Morgan fingerprint density at radius 2 is 1.94 bits per heavy atom. The molecule has 6 nitrogen and oxygen atoms in total. The van der Waals surface area contributed by atoms with E-state index in [0.717, 1.165) is 0 Å². The van der Waals surface area contributed by atoms with Crippen LogP contribution in [0.15, 0.2) is 45.9 Å². The maximum atomic E-state index is 14.1. The fourth-order valence-electron chi connectivity index (χ4n) is 3.67. The number of piperazine rings is 1. The van der Waals surface area contributed by atoms with Gasteiger partial charge in [-0.25, -0.2) is 9.18 Å². The Labute approximate surface area is 199 Å². The second kappa shape index (κ2) is 10.0. The van der Waals surface area contributed by atoms with E-state index < -0.39 is 30.2 Å². The quantitative estimate of drug-likeness (QED) is 0.427. The van der Waals surface area contributed by atoms with Crippen LogP contribution in [0.1, 0.15) is 32.4 Å². The summed E-state index contributed by atoms with van der Waals surface area (Å²) in [5, 5.41) is 0. The summed E-state index contributed by atoms with van der Waals surface area (Å²) >= 11 is 3.20. The molecular weight excluding hydrogens is 503 g/mol. The van der Waals surface area contributed by atoms with E-state index in [1.807, 2.05) is 4.90 Å². The van der Waals surface area contributed by atoms with E-state index in [9.17, 15) is 18.0 Å². The summed E-state index contributed by atoms with van der Waals surface area (Å²) in [5.74, 6) is -0.519. The Bertz CT molecular complexity index is 1030. The van der Waals surface area contributed by atoms with E-state index in [1.165, 1.54) is 17.0 Å². The number of anilines is 1. The summed E-state index contributed by atoms with van der Waals surface area (Å²) in [5.41, 5.74) is 0.585. The summed E-state index contributed by atoms with van der Waals surface area (Å²) < 4.78 is 50.8. The normalized spacial score (nSPS) is 16.7. The predicted octanol–water partition coefficient (Wildman–Crippen LogP) is 6.32. The Balaban J connectivity index is 2.07. The zero-order valence-corrected chi connectivity index (χ0v) is 20.1. The molecule has 0 bridgehead atoms. The monoisotopic (exact) mass is 527 g/mol. The number of hydrogen-bond donors (Lipinski definition) is 0. The lowest BCUT2D eigenvalue weighted by atomic mass is 10.00. The van der Waals surface area contributed by atoms with Crippen LogP contribution in [0.4, 0.5) is 29.3 Å². The maximum absolute atomic E-state index is 14.1. The van der Waals surface area contributed by atoms with Gasteiger partial charge in [0.25, 0.3) is 0 Å². The highest BCUT2D eigenvalue weighted by Gasteiger charge is 2.36. The van der Waals surface area contributed by atoms with Crippen LogP contribution in [0.3, 0.4) is 0 Å². The van der Waals surface area contributed by atoms with Gasteiger partial charge < -0.3 is 19.3 Å². The second-order valence-electron chi connectivity index (χ2n) is 8.47. The molecule has 1 heterocycles. The highest BCUT2D eigenvalue weighted by molar-refractivity contribution is 9.10. The van der Waals surface area contributed by atoms with Gasteiger partial charge in [0, 0.05) is 31.3 Å². The van der Waals surface area contributed by atoms with E-state index in [0.29, 0.717) is 30.0 Å². The average molecular weight is 528 g/mol. The minimum absolute atomic E-state index is 0.0113. The first kappa shape index (κ1) is 24.9. The van der Waals surface area contributed by atoms with Gasteiger partial charge in [0.1, 0.15) is 17.2 Å². The summed E-state index contributed by atoms with van der Waals surface area (Å²) in [4.78, 5) is 20.1. The smallest absolute Gasteiger partial charge is 0.410 e. The van der Waals surface area contributed by atoms with E-state index >= 15 is 0 Å². The largest absolute Gasteiger partial charge is 0.444 e. The van der Waals surface area contributed by atoms with Gasteiger partial charge in [-0.2, -0.15) is 8.78 Å². The van der Waals surface area contributed by atoms with Crippen LogP contribution in [0.25, 0.3) is 0 Å². The van der Waals surface area contributed by atoms with Crippen LogP contribution in [0.5, 0.6) is 5.75 Å². The number of benzene rings is 2. The first-order valence-corrected chi connectivity index (χ1v) is 11.0. The lowest BCUT2D eigenvalue weighted by Gasteiger charge is -2.43. The molecule has 1 aliphatic rings. The van der Waals surface area contributed by atoms with Gasteiger partial charge in [0.15, 0.2) is 0 Å². The number of nitrogens with zero attached hydrogens (tertiary/aromatic N) is 3. The number of amides is 1. The van der Waals surface area contributed by atoms with Gasteiger partial charge in [0.2, 0.25) is 0 Å². The number of aliphatic imine (C=N–C) groups is 1. The summed E-state index contributed by atoms with van der Waals surface area (Å²) in [7, 11) is 0. The van der Waals surface area contributed by atoms with Crippen molar-refractivity contribution in [2.45, 2.75) is 39.0 Å². The van der Waals surface area contributed by atoms with Gasteiger partial charge in [-0.15, -0.1) is 0 Å². The molecule has 1 aliphatic heterocycles. The highest BCUT2D eigenvalue weighted by atomic mass is 79.9. The van der Waals surface area contributed by atoms with Gasteiger partial charge in [-0.1, -0.05) is 18.2 Å². The molecule has 0 N–H and O–H groups in total.